The summed E-state index contributed by atoms with van der Waals surface area (Å²) in [5.74, 6) is 0.803. The highest BCUT2D eigenvalue weighted by Gasteiger charge is 2.56. The first-order valence-electron chi connectivity index (χ1n) is 6.52. The Balaban J connectivity index is 1.95. The van der Waals surface area contributed by atoms with Crippen molar-refractivity contribution in [3.63, 3.8) is 0 Å². The smallest absolute Gasteiger partial charge is 0.313 e. The van der Waals surface area contributed by atoms with Gasteiger partial charge in [-0.25, -0.2) is 0 Å². The zero-order valence-electron chi connectivity index (χ0n) is 9.89. The third-order valence-electron chi connectivity index (χ3n) is 5.23. The van der Waals surface area contributed by atoms with Gasteiger partial charge in [-0.3, -0.25) is 4.79 Å². The van der Waals surface area contributed by atoms with Crippen molar-refractivity contribution in [2.24, 2.45) is 34.8 Å². The molecule has 4 heteroatoms. The molecule has 4 aliphatic carbocycles. The van der Waals surface area contributed by atoms with E-state index in [1.807, 2.05) is 0 Å². The van der Waals surface area contributed by atoms with Crippen molar-refractivity contribution >= 4 is 23.2 Å². The number of aliphatic carboxylic acids is 1. The third-order valence-corrected chi connectivity index (χ3v) is 5.47. The minimum Gasteiger partial charge on any atom is -0.481 e. The first kappa shape index (κ1) is 11.5. The summed E-state index contributed by atoms with van der Waals surface area (Å²) in [5.41, 5.74) is 5.60. The average Bonchev–Trinajstić information content (AvgIpc) is 2.11. The topological polar surface area (TPSA) is 63.3 Å². The highest BCUT2D eigenvalue weighted by molar-refractivity contribution is 7.80. The number of hydrogen-bond donors (Lipinski definition) is 2. The predicted molar refractivity (Wildman–Crippen MR) is 68.5 cm³/mol. The minimum absolute atomic E-state index is 0.105. The van der Waals surface area contributed by atoms with E-state index in [4.69, 9.17) is 18.0 Å². The van der Waals surface area contributed by atoms with Gasteiger partial charge in [-0.2, -0.15) is 0 Å². The van der Waals surface area contributed by atoms with Crippen LogP contribution in [0.5, 0.6) is 0 Å². The summed E-state index contributed by atoms with van der Waals surface area (Å²) >= 11 is 5.03. The molecule has 0 aliphatic heterocycles. The standard InChI is InChI=1S/C13H19NO2S/c14-11(17)10(12(15)16)13-4-7-1-8(5-13)3-9(2-7)6-13/h7-10H,1-6H2,(H2,14,17)(H,15,16). The molecule has 4 fully saturated rings. The Bertz CT molecular complexity index is 330. The Morgan fingerprint density at radius 2 is 1.59 bits per heavy atom. The molecule has 1 atom stereocenters. The van der Waals surface area contributed by atoms with Gasteiger partial charge >= 0.3 is 5.97 Å². The van der Waals surface area contributed by atoms with Crippen molar-refractivity contribution in [2.45, 2.75) is 38.5 Å². The summed E-state index contributed by atoms with van der Waals surface area (Å²) in [5, 5.41) is 9.44. The highest BCUT2D eigenvalue weighted by Crippen LogP contribution is 2.62. The molecule has 0 saturated heterocycles. The molecule has 4 saturated carbocycles. The highest BCUT2D eigenvalue weighted by atomic mass is 32.1. The summed E-state index contributed by atoms with van der Waals surface area (Å²) in [7, 11) is 0. The second-order valence-corrected chi connectivity index (χ2v) is 6.92. The van der Waals surface area contributed by atoms with Crippen LogP contribution in [-0.4, -0.2) is 16.1 Å². The Kier molecular flexibility index (Phi) is 2.47. The van der Waals surface area contributed by atoms with Crippen LogP contribution in [0.15, 0.2) is 0 Å². The summed E-state index contributed by atoms with van der Waals surface area (Å²) in [4.78, 5) is 11.7. The maximum Gasteiger partial charge on any atom is 0.313 e. The SMILES string of the molecule is NC(=S)C(C(=O)O)C12CC3CC(CC(C3)C1)C2. The summed E-state index contributed by atoms with van der Waals surface area (Å²) in [6.07, 6.45) is 7.03. The molecule has 3 nitrogen and oxygen atoms in total. The second kappa shape index (κ2) is 3.67. The molecule has 4 rings (SSSR count). The van der Waals surface area contributed by atoms with Crippen molar-refractivity contribution in [2.75, 3.05) is 0 Å². The number of rotatable bonds is 3. The lowest BCUT2D eigenvalue weighted by Gasteiger charge is -2.58. The second-order valence-electron chi connectivity index (χ2n) is 6.45. The number of nitrogens with two attached hydrogens (primary N) is 1. The van der Waals surface area contributed by atoms with E-state index in [-0.39, 0.29) is 10.4 Å². The van der Waals surface area contributed by atoms with E-state index in [0.29, 0.717) is 0 Å². The first-order valence-corrected chi connectivity index (χ1v) is 6.93. The van der Waals surface area contributed by atoms with Gasteiger partial charge in [-0.05, 0) is 61.7 Å². The van der Waals surface area contributed by atoms with Crippen molar-refractivity contribution < 1.29 is 9.90 Å². The lowest BCUT2D eigenvalue weighted by Crippen LogP contribution is -2.54. The van der Waals surface area contributed by atoms with Crippen molar-refractivity contribution in [3.05, 3.63) is 0 Å². The zero-order valence-corrected chi connectivity index (χ0v) is 10.7. The van der Waals surface area contributed by atoms with E-state index < -0.39 is 11.9 Å². The van der Waals surface area contributed by atoms with Crippen molar-refractivity contribution in [3.8, 4) is 0 Å². The van der Waals surface area contributed by atoms with Crippen LogP contribution in [0.25, 0.3) is 0 Å². The fourth-order valence-electron chi connectivity index (χ4n) is 5.22. The molecule has 0 amide bonds. The van der Waals surface area contributed by atoms with E-state index in [9.17, 15) is 9.90 Å². The number of carbonyl (C=O) groups is 1. The Hall–Kier alpha value is -0.640. The quantitative estimate of drug-likeness (QED) is 0.757. The molecule has 1 unspecified atom stereocenters. The van der Waals surface area contributed by atoms with Gasteiger partial charge in [0.15, 0.2) is 0 Å². The molecule has 17 heavy (non-hydrogen) atoms. The van der Waals surface area contributed by atoms with Crippen LogP contribution in [0, 0.1) is 29.1 Å². The number of carboxylic acid groups (broad SMARTS) is 1. The molecule has 0 heterocycles. The van der Waals surface area contributed by atoms with Crippen molar-refractivity contribution in [1.29, 1.82) is 0 Å². The van der Waals surface area contributed by atoms with Gasteiger partial charge in [-0.1, -0.05) is 12.2 Å². The van der Waals surface area contributed by atoms with Crippen LogP contribution in [-0.2, 0) is 4.79 Å². The maximum absolute atomic E-state index is 11.5. The monoisotopic (exact) mass is 253 g/mol. The van der Waals surface area contributed by atoms with Crippen LogP contribution < -0.4 is 5.73 Å². The summed E-state index contributed by atoms with van der Waals surface area (Å²) in [6, 6.07) is 0. The molecular formula is C13H19NO2S. The van der Waals surface area contributed by atoms with Gasteiger partial charge < -0.3 is 10.8 Å². The molecule has 0 aromatic heterocycles. The fraction of sp³-hybridized carbons (Fsp3) is 0.846. The Labute approximate surface area is 107 Å². The number of carboxylic acids is 1. The van der Waals surface area contributed by atoms with Gasteiger partial charge in [0.05, 0.1) is 4.99 Å². The van der Waals surface area contributed by atoms with Gasteiger partial charge in [0.25, 0.3) is 0 Å². The number of hydrogen-bond acceptors (Lipinski definition) is 2. The molecule has 94 valence electrons. The lowest BCUT2D eigenvalue weighted by atomic mass is 9.46. The molecule has 4 aliphatic rings. The van der Waals surface area contributed by atoms with Crippen molar-refractivity contribution in [1.82, 2.24) is 0 Å². The normalized spacial score (nSPS) is 44.6. The molecule has 4 bridgehead atoms. The molecule has 0 radical (unpaired) electrons. The maximum atomic E-state index is 11.5. The van der Waals surface area contributed by atoms with E-state index in [1.54, 1.807) is 0 Å². The van der Waals surface area contributed by atoms with E-state index >= 15 is 0 Å². The van der Waals surface area contributed by atoms with Crippen LogP contribution in [0.2, 0.25) is 0 Å². The zero-order chi connectivity index (χ0) is 12.2. The lowest BCUT2D eigenvalue weighted by molar-refractivity contribution is -0.151. The van der Waals surface area contributed by atoms with Crippen LogP contribution in [0.4, 0.5) is 0 Å². The average molecular weight is 253 g/mol. The fourth-order valence-corrected chi connectivity index (χ4v) is 5.57. The molecule has 0 aromatic rings. The van der Waals surface area contributed by atoms with Gasteiger partial charge in [0.1, 0.15) is 5.92 Å². The van der Waals surface area contributed by atoms with E-state index in [0.717, 1.165) is 37.0 Å². The summed E-state index contributed by atoms with van der Waals surface area (Å²) in [6.45, 7) is 0. The molecular weight excluding hydrogens is 234 g/mol. The molecule has 0 aromatic carbocycles. The summed E-state index contributed by atoms with van der Waals surface area (Å²) < 4.78 is 0. The van der Waals surface area contributed by atoms with Crippen LogP contribution >= 0.6 is 12.2 Å². The van der Waals surface area contributed by atoms with E-state index in [1.165, 1.54) is 19.3 Å². The van der Waals surface area contributed by atoms with E-state index in [2.05, 4.69) is 0 Å². The van der Waals surface area contributed by atoms with Crippen LogP contribution in [0.1, 0.15) is 38.5 Å². The predicted octanol–water partition coefficient (Wildman–Crippen LogP) is 2.19. The third kappa shape index (κ3) is 1.68. The largest absolute Gasteiger partial charge is 0.481 e. The molecule has 0 spiro atoms. The van der Waals surface area contributed by atoms with Gasteiger partial charge in [0.2, 0.25) is 0 Å². The molecule has 3 N–H and O–H groups in total. The minimum atomic E-state index is -0.806. The van der Waals surface area contributed by atoms with Gasteiger partial charge in [0, 0.05) is 0 Å². The van der Waals surface area contributed by atoms with Crippen LogP contribution in [0.3, 0.4) is 0 Å². The first-order chi connectivity index (χ1) is 8.00. The van der Waals surface area contributed by atoms with Gasteiger partial charge in [-0.15, -0.1) is 0 Å². The number of thiocarbonyl (C=S) groups is 1. The Morgan fingerprint density at radius 1 is 1.18 bits per heavy atom. The Morgan fingerprint density at radius 3 is 1.88 bits per heavy atom.